The minimum atomic E-state index is -0.935. The van der Waals surface area contributed by atoms with Crippen LogP contribution in [0.25, 0.3) is 0 Å². The lowest BCUT2D eigenvalue weighted by Gasteiger charge is -2.20. The molecule has 9 heteroatoms. The number of carbonyl (C=O) groups is 3. The van der Waals surface area contributed by atoms with E-state index in [1.807, 2.05) is 0 Å². The first kappa shape index (κ1) is 15.4. The molecule has 116 valence electrons. The fourth-order valence-electron chi connectivity index (χ4n) is 1.84. The number of nitro groups is 1. The number of esters is 2. The van der Waals surface area contributed by atoms with Crippen LogP contribution in [0.3, 0.4) is 0 Å². The molecule has 2 rings (SSSR count). The van der Waals surface area contributed by atoms with E-state index in [9.17, 15) is 24.5 Å². The molecule has 1 fully saturated rings. The van der Waals surface area contributed by atoms with Crippen LogP contribution in [0.15, 0.2) is 24.3 Å². The Kier molecular flexibility index (Phi) is 4.66. The Morgan fingerprint density at radius 1 is 1.45 bits per heavy atom. The molecule has 1 aromatic carbocycles. The molecule has 1 atom stereocenters. The lowest BCUT2D eigenvalue weighted by molar-refractivity contribution is -0.384. The van der Waals surface area contributed by atoms with Crippen molar-refractivity contribution in [2.45, 2.75) is 25.5 Å². The summed E-state index contributed by atoms with van der Waals surface area (Å²) < 4.78 is 9.26. The number of ether oxygens (including phenoxy) is 2. The first-order chi connectivity index (χ1) is 10.5. The average molecular weight is 308 g/mol. The van der Waals surface area contributed by atoms with Gasteiger partial charge in [0.1, 0.15) is 12.6 Å². The molecule has 0 radical (unpaired) electrons. The Morgan fingerprint density at radius 2 is 2.23 bits per heavy atom. The minimum Gasteiger partial charge on any atom is -0.445 e. The molecule has 0 aliphatic carbocycles. The SMILES string of the molecule is O=C1CC[C@H](NC(=O)OCc2cccc([N+](=O)[O-])c2)C(=O)O1. The molecule has 9 nitrogen and oxygen atoms in total. The molecule has 1 saturated heterocycles. The van der Waals surface area contributed by atoms with E-state index in [-0.39, 0.29) is 25.1 Å². The maximum atomic E-state index is 11.6. The van der Waals surface area contributed by atoms with Gasteiger partial charge in [-0.2, -0.15) is 0 Å². The highest BCUT2D eigenvalue weighted by atomic mass is 16.6. The maximum Gasteiger partial charge on any atom is 0.408 e. The van der Waals surface area contributed by atoms with Crippen molar-refractivity contribution in [3.05, 3.63) is 39.9 Å². The summed E-state index contributed by atoms with van der Waals surface area (Å²) in [6.07, 6.45) is -0.701. The van der Waals surface area contributed by atoms with Crippen molar-refractivity contribution < 1.29 is 28.8 Å². The average Bonchev–Trinajstić information content (AvgIpc) is 2.48. The lowest BCUT2D eigenvalue weighted by Crippen LogP contribution is -2.45. The molecule has 1 aliphatic rings. The predicted octanol–water partition coefficient (Wildman–Crippen LogP) is 1.05. The molecule has 1 aliphatic heterocycles. The molecular formula is C13H12N2O7. The number of rotatable bonds is 4. The van der Waals surface area contributed by atoms with E-state index in [4.69, 9.17) is 4.74 Å². The standard InChI is InChI=1S/C13H12N2O7/c16-11-5-4-10(12(17)22-11)14-13(18)21-7-8-2-1-3-9(6-8)15(19)20/h1-3,6,10H,4-5,7H2,(H,14,18)/t10-/m0/s1. The van der Waals surface area contributed by atoms with Gasteiger partial charge in [0.2, 0.25) is 0 Å². The van der Waals surface area contributed by atoms with Gasteiger partial charge >= 0.3 is 18.0 Å². The van der Waals surface area contributed by atoms with E-state index >= 15 is 0 Å². The highest BCUT2D eigenvalue weighted by Gasteiger charge is 2.30. The Bertz CT molecular complexity index is 629. The number of hydrogen-bond acceptors (Lipinski definition) is 7. The Labute approximate surface area is 124 Å². The number of amides is 1. The molecule has 0 bridgehead atoms. The van der Waals surface area contributed by atoms with Crippen molar-refractivity contribution in [1.82, 2.24) is 5.32 Å². The predicted molar refractivity (Wildman–Crippen MR) is 70.5 cm³/mol. The van der Waals surface area contributed by atoms with Gasteiger partial charge in [-0.25, -0.2) is 9.59 Å². The summed E-state index contributed by atoms with van der Waals surface area (Å²) in [5, 5.41) is 12.9. The molecule has 1 N–H and O–H groups in total. The Morgan fingerprint density at radius 3 is 2.91 bits per heavy atom. The third-order valence-electron chi connectivity index (χ3n) is 2.92. The summed E-state index contributed by atoms with van der Waals surface area (Å²) in [6.45, 7) is -0.186. The number of nitrogens with one attached hydrogen (secondary N) is 1. The van der Waals surface area contributed by atoms with E-state index in [0.29, 0.717) is 5.56 Å². The van der Waals surface area contributed by atoms with Crippen molar-refractivity contribution in [1.29, 1.82) is 0 Å². The fourth-order valence-corrected chi connectivity index (χ4v) is 1.84. The van der Waals surface area contributed by atoms with Gasteiger partial charge in [0.05, 0.1) is 4.92 Å². The number of nitro benzene ring substituents is 1. The van der Waals surface area contributed by atoms with Crippen LogP contribution in [0.1, 0.15) is 18.4 Å². The van der Waals surface area contributed by atoms with Gasteiger partial charge in [-0.3, -0.25) is 14.9 Å². The fraction of sp³-hybridized carbons (Fsp3) is 0.308. The molecule has 0 aromatic heterocycles. The zero-order chi connectivity index (χ0) is 16.1. The van der Waals surface area contributed by atoms with Gasteiger partial charge < -0.3 is 14.8 Å². The van der Waals surface area contributed by atoms with Gasteiger partial charge in [-0.05, 0) is 12.0 Å². The van der Waals surface area contributed by atoms with Crippen molar-refractivity contribution in [3.8, 4) is 0 Å². The van der Waals surface area contributed by atoms with Crippen LogP contribution in [0.5, 0.6) is 0 Å². The van der Waals surface area contributed by atoms with E-state index in [1.54, 1.807) is 6.07 Å². The molecule has 0 saturated carbocycles. The molecule has 0 unspecified atom stereocenters. The molecule has 1 amide bonds. The van der Waals surface area contributed by atoms with Crippen LogP contribution in [0, 0.1) is 10.1 Å². The zero-order valence-corrected chi connectivity index (χ0v) is 11.3. The van der Waals surface area contributed by atoms with Crippen molar-refractivity contribution in [2.24, 2.45) is 0 Å². The third kappa shape index (κ3) is 4.01. The molecule has 1 heterocycles. The van der Waals surface area contributed by atoms with Gasteiger partial charge in [0, 0.05) is 18.6 Å². The number of hydrogen-bond donors (Lipinski definition) is 1. The van der Waals surface area contributed by atoms with Gasteiger partial charge in [0.25, 0.3) is 5.69 Å². The smallest absolute Gasteiger partial charge is 0.408 e. The highest BCUT2D eigenvalue weighted by Crippen LogP contribution is 2.14. The second kappa shape index (κ2) is 6.66. The summed E-state index contributed by atoms with van der Waals surface area (Å²) in [7, 11) is 0. The second-order valence-electron chi connectivity index (χ2n) is 4.53. The number of alkyl carbamates (subject to hydrolysis) is 1. The number of non-ortho nitro benzene ring substituents is 1. The second-order valence-corrected chi connectivity index (χ2v) is 4.53. The summed E-state index contributed by atoms with van der Waals surface area (Å²) in [5.74, 6) is -1.46. The number of benzene rings is 1. The van der Waals surface area contributed by atoms with Gasteiger partial charge in [-0.15, -0.1) is 0 Å². The van der Waals surface area contributed by atoms with E-state index < -0.39 is 29.0 Å². The summed E-state index contributed by atoms with van der Waals surface area (Å²) in [4.78, 5) is 43.8. The first-order valence-corrected chi connectivity index (χ1v) is 6.37. The topological polar surface area (TPSA) is 125 Å². The van der Waals surface area contributed by atoms with Gasteiger partial charge in [0.15, 0.2) is 0 Å². The number of carbonyl (C=O) groups excluding carboxylic acids is 3. The molecule has 0 spiro atoms. The molecule has 22 heavy (non-hydrogen) atoms. The van der Waals surface area contributed by atoms with Crippen LogP contribution in [-0.2, 0) is 25.7 Å². The van der Waals surface area contributed by atoms with Gasteiger partial charge in [-0.1, -0.05) is 12.1 Å². The first-order valence-electron chi connectivity index (χ1n) is 6.37. The molecule has 1 aromatic rings. The quantitative estimate of drug-likeness (QED) is 0.381. The maximum absolute atomic E-state index is 11.6. The Hall–Kier alpha value is -2.97. The van der Waals surface area contributed by atoms with Crippen LogP contribution in [-0.4, -0.2) is 29.0 Å². The largest absolute Gasteiger partial charge is 0.445 e. The third-order valence-corrected chi connectivity index (χ3v) is 2.92. The van der Waals surface area contributed by atoms with Crippen LogP contribution in [0.2, 0.25) is 0 Å². The van der Waals surface area contributed by atoms with Crippen LogP contribution < -0.4 is 5.32 Å². The van der Waals surface area contributed by atoms with E-state index in [2.05, 4.69) is 10.1 Å². The zero-order valence-electron chi connectivity index (χ0n) is 11.3. The normalized spacial score (nSPS) is 17.5. The van der Waals surface area contributed by atoms with Crippen molar-refractivity contribution in [2.75, 3.05) is 0 Å². The van der Waals surface area contributed by atoms with E-state index in [0.717, 1.165) is 0 Å². The summed E-state index contributed by atoms with van der Waals surface area (Å²) in [5.41, 5.74) is 0.321. The van der Waals surface area contributed by atoms with Crippen LogP contribution >= 0.6 is 0 Å². The van der Waals surface area contributed by atoms with E-state index in [1.165, 1.54) is 18.2 Å². The van der Waals surface area contributed by atoms with Crippen LogP contribution in [0.4, 0.5) is 10.5 Å². The summed E-state index contributed by atoms with van der Waals surface area (Å²) in [6, 6.07) is 4.70. The highest BCUT2D eigenvalue weighted by molar-refractivity contribution is 5.92. The monoisotopic (exact) mass is 308 g/mol. The lowest BCUT2D eigenvalue weighted by atomic mass is 10.1. The number of nitrogens with zero attached hydrogens (tertiary/aromatic N) is 1. The minimum absolute atomic E-state index is 0.0293. The Balaban J connectivity index is 1.85. The number of cyclic esters (lactones) is 2. The molecular weight excluding hydrogens is 296 g/mol. The van der Waals surface area contributed by atoms with Crippen molar-refractivity contribution in [3.63, 3.8) is 0 Å². The summed E-state index contributed by atoms with van der Waals surface area (Å²) >= 11 is 0. The van der Waals surface area contributed by atoms with Crippen molar-refractivity contribution >= 4 is 23.7 Å².